The van der Waals surface area contributed by atoms with E-state index < -0.39 is 0 Å². The summed E-state index contributed by atoms with van der Waals surface area (Å²) in [6.45, 7) is 3.13. The predicted molar refractivity (Wildman–Crippen MR) is 65.2 cm³/mol. The van der Waals surface area contributed by atoms with Crippen LogP contribution in [-0.4, -0.2) is 25.6 Å². The van der Waals surface area contributed by atoms with Crippen molar-refractivity contribution in [2.24, 2.45) is 0 Å². The fourth-order valence-electron chi connectivity index (χ4n) is 2.44. The molecule has 0 spiro atoms. The molecule has 17 heavy (non-hydrogen) atoms. The zero-order valence-electron chi connectivity index (χ0n) is 9.74. The summed E-state index contributed by atoms with van der Waals surface area (Å²) in [5.74, 6) is 1.09. The molecule has 0 aliphatic carbocycles. The van der Waals surface area contributed by atoms with Gasteiger partial charge in [0.1, 0.15) is 12.4 Å². The van der Waals surface area contributed by atoms with Crippen LogP contribution in [0.1, 0.15) is 18.4 Å². The summed E-state index contributed by atoms with van der Waals surface area (Å²) in [5, 5.41) is 3.30. The van der Waals surface area contributed by atoms with E-state index in [1.54, 1.807) is 0 Å². The van der Waals surface area contributed by atoms with Crippen molar-refractivity contribution < 1.29 is 9.53 Å². The fraction of sp³-hybridized carbons (Fsp3) is 0.462. The second-order valence-electron chi connectivity index (χ2n) is 4.44. The van der Waals surface area contributed by atoms with E-state index in [9.17, 15) is 4.79 Å². The monoisotopic (exact) mass is 232 g/mol. The quantitative estimate of drug-likeness (QED) is 0.793. The number of carbonyl (C=O) groups is 1. The summed E-state index contributed by atoms with van der Waals surface area (Å²) >= 11 is 0. The Morgan fingerprint density at radius 3 is 3.12 bits per heavy atom. The molecule has 3 rings (SSSR count). The summed E-state index contributed by atoms with van der Waals surface area (Å²) in [6, 6.07) is 6.03. The molecule has 0 aromatic heterocycles. The van der Waals surface area contributed by atoms with E-state index in [1.165, 1.54) is 0 Å². The Hall–Kier alpha value is -1.55. The second-order valence-corrected chi connectivity index (χ2v) is 4.44. The Morgan fingerprint density at radius 1 is 1.35 bits per heavy atom. The number of para-hydroxylation sites is 1. The maximum absolute atomic E-state index is 11.8. The van der Waals surface area contributed by atoms with Gasteiger partial charge in [-0.05, 0) is 12.5 Å². The molecule has 1 aromatic rings. The molecule has 2 aliphatic rings. The Bertz CT molecular complexity index is 445. The number of nitrogens with zero attached hydrogens (tertiary/aromatic N) is 1. The molecule has 0 bridgehead atoms. The number of benzene rings is 1. The van der Waals surface area contributed by atoms with Crippen molar-refractivity contribution in [3.63, 3.8) is 0 Å². The minimum absolute atomic E-state index is 0.208. The number of fused-ring (bicyclic) bond motifs is 1. The molecule has 1 saturated heterocycles. The van der Waals surface area contributed by atoms with Crippen molar-refractivity contribution in [2.45, 2.75) is 19.4 Å². The van der Waals surface area contributed by atoms with Crippen LogP contribution in [0.3, 0.4) is 0 Å². The highest BCUT2D eigenvalue weighted by atomic mass is 16.5. The molecule has 90 valence electrons. The van der Waals surface area contributed by atoms with Gasteiger partial charge in [-0.1, -0.05) is 12.1 Å². The highest BCUT2D eigenvalue weighted by molar-refractivity contribution is 5.97. The van der Waals surface area contributed by atoms with Crippen molar-refractivity contribution in [3.8, 4) is 5.75 Å². The summed E-state index contributed by atoms with van der Waals surface area (Å²) in [5.41, 5.74) is 2.08. The smallest absolute Gasteiger partial charge is 0.227 e. The Labute approximate surface area is 101 Å². The summed E-state index contributed by atoms with van der Waals surface area (Å²) < 4.78 is 5.78. The number of rotatable bonds is 1. The molecule has 1 N–H and O–H groups in total. The van der Waals surface area contributed by atoms with Gasteiger partial charge in [-0.25, -0.2) is 0 Å². The average Bonchev–Trinajstić information content (AvgIpc) is 2.63. The molecule has 4 nitrogen and oxygen atoms in total. The Kier molecular flexibility index (Phi) is 2.73. The molecule has 0 saturated carbocycles. The molecule has 2 aliphatic heterocycles. The number of ether oxygens (including phenoxy) is 1. The first kappa shape index (κ1) is 10.6. The molecule has 1 aromatic carbocycles. The maximum Gasteiger partial charge on any atom is 0.227 e. The SMILES string of the molecule is O=C1CCCN1c1cccc2c1OCCNC2. The molecule has 0 unspecified atom stereocenters. The topological polar surface area (TPSA) is 41.6 Å². The third-order valence-electron chi connectivity index (χ3n) is 3.28. The summed E-state index contributed by atoms with van der Waals surface area (Å²) in [6.07, 6.45) is 1.60. The molecule has 0 atom stereocenters. The lowest BCUT2D eigenvalue weighted by Crippen LogP contribution is -2.24. The number of carbonyl (C=O) groups excluding carboxylic acids is 1. The molecule has 1 amide bonds. The van der Waals surface area contributed by atoms with Gasteiger partial charge in [-0.3, -0.25) is 4.79 Å². The third kappa shape index (κ3) is 1.89. The number of nitrogens with one attached hydrogen (secondary N) is 1. The van der Waals surface area contributed by atoms with Crippen molar-refractivity contribution >= 4 is 11.6 Å². The van der Waals surface area contributed by atoms with E-state index in [0.717, 1.165) is 43.1 Å². The van der Waals surface area contributed by atoms with Crippen LogP contribution in [0.5, 0.6) is 5.75 Å². The fourth-order valence-corrected chi connectivity index (χ4v) is 2.44. The van der Waals surface area contributed by atoms with E-state index in [2.05, 4.69) is 11.4 Å². The highest BCUT2D eigenvalue weighted by Crippen LogP contribution is 2.35. The maximum atomic E-state index is 11.8. The highest BCUT2D eigenvalue weighted by Gasteiger charge is 2.26. The van der Waals surface area contributed by atoms with Crippen LogP contribution in [0, 0.1) is 0 Å². The van der Waals surface area contributed by atoms with Crippen LogP contribution in [0.25, 0.3) is 0 Å². The molecule has 2 heterocycles. The van der Waals surface area contributed by atoms with Crippen molar-refractivity contribution in [1.29, 1.82) is 0 Å². The zero-order chi connectivity index (χ0) is 11.7. The Balaban J connectivity index is 2.01. The third-order valence-corrected chi connectivity index (χ3v) is 3.28. The van der Waals surface area contributed by atoms with Gasteiger partial charge in [0.15, 0.2) is 0 Å². The van der Waals surface area contributed by atoms with E-state index >= 15 is 0 Å². The number of anilines is 1. The summed E-state index contributed by atoms with van der Waals surface area (Å²) in [7, 11) is 0. The molecular weight excluding hydrogens is 216 g/mol. The molecule has 1 fully saturated rings. The molecule has 4 heteroatoms. The van der Waals surface area contributed by atoms with Gasteiger partial charge in [0.05, 0.1) is 5.69 Å². The van der Waals surface area contributed by atoms with Crippen molar-refractivity contribution in [3.05, 3.63) is 23.8 Å². The van der Waals surface area contributed by atoms with Crippen LogP contribution in [0.15, 0.2) is 18.2 Å². The predicted octanol–water partition coefficient (Wildman–Crippen LogP) is 1.30. The minimum atomic E-state index is 0.208. The van der Waals surface area contributed by atoms with Gasteiger partial charge < -0.3 is 15.0 Å². The van der Waals surface area contributed by atoms with Gasteiger partial charge in [-0.15, -0.1) is 0 Å². The molecule has 0 radical (unpaired) electrons. The van der Waals surface area contributed by atoms with Crippen LogP contribution < -0.4 is 15.0 Å². The van der Waals surface area contributed by atoms with Gasteiger partial charge in [0.25, 0.3) is 0 Å². The Morgan fingerprint density at radius 2 is 2.29 bits per heavy atom. The van der Waals surface area contributed by atoms with Crippen LogP contribution >= 0.6 is 0 Å². The number of hydrogen-bond acceptors (Lipinski definition) is 3. The average molecular weight is 232 g/mol. The van der Waals surface area contributed by atoms with E-state index in [1.807, 2.05) is 17.0 Å². The number of hydrogen-bond donors (Lipinski definition) is 1. The van der Waals surface area contributed by atoms with E-state index in [4.69, 9.17) is 4.74 Å². The van der Waals surface area contributed by atoms with Gasteiger partial charge in [0, 0.05) is 31.6 Å². The van der Waals surface area contributed by atoms with Gasteiger partial charge in [-0.2, -0.15) is 0 Å². The normalized spacial score (nSPS) is 19.8. The second kappa shape index (κ2) is 4.37. The lowest BCUT2D eigenvalue weighted by molar-refractivity contribution is -0.117. The lowest BCUT2D eigenvalue weighted by atomic mass is 10.1. The first-order valence-corrected chi connectivity index (χ1v) is 6.12. The lowest BCUT2D eigenvalue weighted by Gasteiger charge is -2.20. The van der Waals surface area contributed by atoms with Crippen LogP contribution in [0.4, 0.5) is 5.69 Å². The van der Waals surface area contributed by atoms with Crippen LogP contribution in [0.2, 0.25) is 0 Å². The van der Waals surface area contributed by atoms with E-state index in [0.29, 0.717) is 13.0 Å². The van der Waals surface area contributed by atoms with Gasteiger partial charge >= 0.3 is 0 Å². The largest absolute Gasteiger partial charge is 0.490 e. The summed E-state index contributed by atoms with van der Waals surface area (Å²) in [4.78, 5) is 13.7. The standard InChI is InChI=1S/C13H16N2O2/c16-12-5-2-7-15(12)11-4-1-3-10-9-14-6-8-17-13(10)11/h1,3-4,14H,2,5-9H2. The van der Waals surface area contributed by atoms with Crippen molar-refractivity contribution in [2.75, 3.05) is 24.6 Å². The zero-order valence-corrected chi connectivity index (χ0v) is 9.74. The first-order chi connectivity index (χ1) is 8.36. The minimum Gasteiger partial charge on any atom is -0.490 e. The number of amides is 1. The van der Waals surface area contributed by atoms with E-state index in [-0.39, 0.29) is 5.91 Å². The van der Waals surface area contributed by atoms with Crippen molar-refractivity contribution in [1.82, 2.24) is 5.32 Å². The van der Waals surface area contributed by atoms with Crippen LogP contribution in [-0.2, 0) is 11.3 Å². The first-order valence-electron chi connectivity index (χ1n) is 6.12. The van der Waals surface area contributed by atoms with Gasteiger partial charge in [0.2, 0.25) is 5.91 Å². The molecular formula is C13H16N2O2.